The standard InChI is InChI=1S/2C11H11NO4/c2*1-16-9-4-2-8(3-5-9)12-10(13)6-7-11(14)15/h2*2-7H,1H3,(H,12,13)(H,14,15)/b2*7-6-. The van der Waals surface area contributed by atoms with Crippen LogP contribution in [-0.2, 0) is 19.2 Å². The Morgan fingerprint density at radius 3 is 1.19 bits per heavy atom. The highest BCUT2D eigenvalue weighted by Crippen LogP contribution is 2.15. The van der Waals surface area contributed by atoms with Crippen LogP contribution in [0.25, 0.3) is 0 Å². The number of carboxylic acids is 2. The van der Waals surface area contributed by atoms with Crippen LogP contribution in [0.15, 0.2) is 72.8 Å². The van der Waals surface area contributed by atoms with Gasteiger partial charge in [-0.05, 0) is 48.5 Å². The van der Waals surface area contributed by atoms with E-state index in [0.29, 0.717) is 22.9 Å². The molecule has 2 aromatic rings. The molecule has 0 radical (unpaired) electrons. The zero-order chi connectivity index (χ0) is 23.9. The molecule has 0 aromatic heterocycles. The van der Waals surface area contributed by atoms with E-state index in [4.69, 9.17) is 19.7 Å². The molecule has 0 fully saturated rings. The Kier molecular flexibility index (Phi) is 10.8. The molecule has 2 aromatic carbocycles. The maximum absolute atomic E-state index is 11.2. The SMILES string of the molecule is COc1ccc(NC(=O)/C=C\C(=O)O)cc1.COc1ccc(NC(=O)/C=C\C(=O)O)cc1. The molecule has 0 saturated carbocycles. The predicted molar refractivity (Wildman–Crippen MR) is 117 cm³/mol. The van der Waals surface area contributed by atoms with Gasteiger partial charge in [-0.1, -0.05) is 0 Å². The first-order chi connectivity index (χ1) is 15.2. The van der Waals surface area contributed by atoms with Gasteiger partial charge in [0.05, 0.1) is 14.2 Å². The average molecular weight is 442 g/mol. The molecule has 0 heterocycles. The Balaban J connectivity index is 0.000000320. The first-order valence-electron chi connectivity index (χ1n) is 8.95. The van der Waals surface area contributed by atoms with Crippen LogP contribution in [0.4, 0.5) is 11.4 Å². The minimum atomic E-state index is -1.16. The third-order valence-corrected chi connectivity index (χ3v) is 3.47. The van der Waals surface area contributed by atoms with Crippen LogP contribution in [0.1, 0.15) is 0 Å². The summed E-state index contributed by atoms with van der Waals surface area (Å²) in [6.07, 6.45) is 3.46. The Morgan fingerprint density at radius 2 is 0.938 bits per heavy atom. The largest absolute Gasteiger partial charge is 0.497 e. The molecule has 2 amide bonds. The number of carbonyl (C=O) groups excluding carboxylic acids is 2. The van der Waals surface area contributed by atoms with Crippen LogP contribution >= 0.6 is 0 Å². The Hall–Kier alpha value is -4.60. The molecular weight excluding hydrogens is 420 g/mol. The molecule has 0 aliphatic heterocycles. The van der Waals surface area contributed by atoms with E-state index < -0.39 is 23.8 Å². The normalized spacial score (nSPS) is 10.1. The zero-order valence-electron chi connectivity index (χ0n) is 17.3. The summed E-state index contributed by atoms with van der Waals surface area (Å²) in [6, 6.07) is 13.4. The van der Waals surface area contributed by atoms with Gasteiger partial charge >= 0.3 is 11.9 Å². The van der Waals surface area contributed by atoms with Crippen LogP contribution in [0.3, 0.4) is 0 Å². The number of carboxylic acid groups (broad SMARTS) is 2. The first kappa shape index (κ1) is 25.4. The molecule has 0 saturated heterocycles. The third kappa shape index (κ3) is 10.8. The average Bonchev–Trinajstić information content (AvgIpc) is 2.78. The summed E-state index contributed by atoms with van der Waals surface area (Å²) in [5, 5.41) is 21.6. The van der Waals surface area contributed by atoms with E-state index in [2.05, 4.69) is 10.6 Å². The lowest BCUT2D eigenvalue weighted by atomic mass is 10.3. The van der Waals surface area contributed by atoms with Crippen molar-refractivity contribution in [1.29, 1.82) is 0 Å². The summed E-state index contributed by atoms with van der Waals surface area (Å²) in [5.74, 6) is -1.95. The molecule has 0 unspecified atom stereocenters. The number of nitrogens with one attached hydrogen (secondary N) is 2. The number of hydrogen-bond acceptors (Lipinski definition) is 6. The number of hydrogen-bond donors (Lipinski definition) is 4. The van der Waals surface area contributed by atoms with Gasteiger partial charge in [0.2, 0.25) is 11.8 Å². The molecule has 10 nitrogen and oxygen atoms in total. The van der Waals surface area contributed by atoms with Crippen LogP contribution in [-0.4, -0.2) is 48.2 Å². The molecule has 2 rings (SSSR count). The van der Waals surface area contributed by atoms with Crippen molar-refractivity contribution in [1.82, 2.24) is 0 Å². The van der Waals surface area contributed by atoms with Crippen molar-refractivity contribution in [2.45, 2.75) is 0 Å². The number of amides is 2. The number of benzene rings is 2. The van der Waals surface area contributed by atoms with Gasteiger partial charge in [-0.3, -0.25) is 9.59 Å². The second kappa shape index (κ2) is 13.6. The fraction of sp³-hybridized carbons (Fsp3) is 0.0909. The smallest absolute Gasteiger partial charge is 0.328 e. The maximum atomic E-state index is 11.2. The highest BCUT2D eigenvalue weighted by atomic mass is 16.5. The van der Waals surface area contributed by atoms with Gasteiger partial charge in [-0.15, -0.1) is 0 Å². The molecule has 10 heteroatoms. The highest BCUT2D eigenvalue weighted by molar-refractivity contribution is 6.02. The fourth-order valence-electron chi connectivity index (χ4n) is 2.01. The first-order valence-corrected chi connectivity index (χ1v) is 8.95. The molecule has 0 bridgehead atoms. The Morgan fingerprint density at radius 1 is 0.625 bits per heavy atom. The van der Waals surface area contributed by atoms with E-state index in [9.17, 15) is 19.2 Å². The van der Waals surface area contributed by atoms with E-state index in [0.717, 1.165) is 24.3 Å². The quantitative estimate of drug-likeness (QED) is 0.455. The molecule has 0 atom stereocenters. The minimum absolute atomic E-state index is 0.493. The predicted octanol–water partition coefficient (Wildman–Crippen LogP) is 2.55. The van der Waals surface area contributed by atoms with Crippen LogP contribution in [0.5, 0.6) is 11.5 Å². The van der Waals surface area contributed by atoms with Crippen LogP contribution < -0.4 is 20.1 Å². The van der Waals surface area contributed by atoms with Crippen molar-refractivity contribution in [2.24, 2.45) is 0 Å². The molecule has 0 spiro atoms. The monoisotopic (exact) mass is 442 g/mol. The molecule has 168 valence electrons. The van der Waals surface area contributed by atoms with Gasteiger partial charge in [-0.25, -0.2) is 9.59 Å². The lowest BCUT2D eigenvalue weighted by Crippen LogP contribution is -2.08. The van der Waals surface area contributed by atoms with Gasteiger partial charge in [0.15, 0.2) is 0 Å². The van der Waals surface area contributed by atoms with Gasteiger partial charge < -0.3 is 30.3 Å². The third-order valence-electron chi connectivity index (χ3n) is 3.47. The van der Waals surface area contributed by atoms with E-state index in [1.54, 1.807) is 62.8 Å². The zero-order valence-corrected chi connectivity index (χ0v) is 17.3. The van der Waals surface area contributed by atoms with E-state index in [1.807, 2.05) is 0 Å². The number of methoxy groups -OCH3 is 2. The number of rotatable bonds is 8. The van der Waals surface area contributed by atoms with E-state index >= 15 is 0 Å². The summed E-state index contributed by atoms with van der Waals surface area (Å²) in [6.45, 7) is 0. The molecule has 4 N–H and O–H groups in total. The minimum Gasteiger partial charge on any atom is -0.497 e. The molecule has 32 heavy (non-hydrogen) atoms. The van der Waals surface area contributed by atoms with Crippen LogP contribution in [0, 0.1) is 0 Å². The van der Waals surface area contributed by atoms with Crippen molar-refractivity contribution in [2.75, 3.05) is 24.9 Å². The van der Waals surface area contributed by atoms with Gasteiger partial charge in [-0.2, -0.15) is 0 Å². The van der Waals surface area contributed by atoms with Crippen molar-refractivity contribution in [3.05, 3.63) is 72.8 Å². The van der Waals surface area contributed by atoms with Crippen molar-refractivity contribution < 1.29 is 38.9 Å². The van der Waals surface area contributed by atoms with Gasteiger partial charge in [0.1, 0.15) is 11.5 Å². The second-order valence-electron chi connectivity index (χ2n) is 5.78. The lowest BCUT2D eigenvalue weighted by Gasteiger charge is -2.03. The Bertz CT molecular complexity index is 898. The van der Waals surface area contributed by atoms with Crippen molar-refractivity contribution >= 4 is 35.1 Å². The topological polar surface area (TPSA) is 151 Å². The summed E-state index contributed by atoms with van der Waals surface area (Å²) in [7, 11) is 3.09. The summed E-state index contributed by atoms with van der Waals surface area (Å²) < 4.78 is 9.90. The second-order valence-corrected chi connectivity index (χ2v) is 5.78. The highest BCUT2D eigenvalue weighted by Gasteiger charge is 2.00. The fourth-order valence-corrected chi connectivity index (χ4v) is 2.01. The number of ether oxygens (including phenoxy) is 2. The summed E-state index contributed by atoms with van der Waals surface area (Å²) in [4.78, 5) is 42.7. The van der Waals surface area contributed by atoms with Crippen LogP contribution in [0.2, 0.25) is 0 Å². The van der Waals surface area contributed by atoms with E-state index in [1.165, 1.54) is 0 Å². The summed E-state index contributed by atoms with van der Waals surface area (Å²) in [5.41, 5.74) is 1.14. The van der Waals surface area contributed by atoms with Gasteiger partial charge in [0.25, 0.3) is 0 Å². The van der Waals surface area contributed by atoms with Gasteiger partial charge in [0, 0.05) is 35.7 Å². The lowest BCUT2D eigenvalue weighted by molar-refractivity contribution is -0.132. The van der Waals surface area contributed by atoms with E-state index in [-0.39, 0.29) is 0 Å². The molecule has 0 aliphatic carbocycles. The molecular formula is C22H22N2O8. The summed E-state index contributed by atoms with van der Waals surface area (Å²) >= 11 is 0. The maximum Gasteiger partial charge on any atom is 0.328 e. The van der Waals surface area contributed by atoms with Crippen molar-refractivity contribution in [3.8, 4) is 11.5 Å². The Labute approximate surface area is 183 Å². The molecule has 0 aliphatic rings. The number of aliphatic carboxylic acids is 2. The van der Waals surface area contributed by atoms with Crippen molar-refractivity contribution in [3.63, 3.8) is 0 Å². The number of anilines is 2. The number of carbonyl (C=O) groups is 4.